The molecule has 21 heavy (non-hydrogen) atoms. The van der Waals surface area contributed by atoms with Gasteiger partial charge in [-0.3, -0.25) is 4.79 Å². The van der Waals surface area contributed by atoms with Crippen molar-refractivity contribution in [3.63, 3.8) is 0 Å². The second kappa shape index (κ2) is 7.44. The quantitative estimate of drug-likeness (QED) is 0.646. The fourth-order valence-corrected chi connectivity index (χ4v) is 2.02. The zero-order chi connectivity index (χ0) is 15.1. The Balaban J connectivity index is 2.36. The van der Waals surface area contributed by atoms with Crippen LogP contribution in [0.3, 0.4) is 0 Å². The van der Waals surface area contributed by atoms with Crippen molar-refractivity contribution in [3.8, 4) is 0 Å². The predicted octanol–water partition coefficient (Wildman–Crippen LogP) is 4.14. The van der Waals surface area contributed by atoms with Crippen molar-refractivity contribution in [1.82, 2.24) is 5.32 Å². The van der Waals surface area contributed by atoms with Crippen LogP contribution >= 0.6 is 0 Å². The summed E-state index contributed by atoms with van der Waals surface area (Å²) in [7, 11) is 0. The summed E-state index contributed by atoms with van der Waals surface area (Å²) >= 11 is 0. The van der Waals surface area contributed by atoms with E-state index in [-0.39, 0.29) is 11.9 Å². The van der Waals surface area contributed by atoms with Gasteiger partial charge in [0.25, 0.3) is 5.91 Å². The summed E-state index contributed by atoms with van der Waals surface area (Å²) < 4.78 is 0. The molecule has 0 heterocycles. The van der Waals surface area contributed by atoms with E-state index in [0.717, 1.165) is 17.5 Å². The Morgan fingerprint density at radius 1 is 1.05 bits per heavy atom. The molecule has 0 spiro atoms. The number of amides is 1. The SMILES string of the molecule is CC[C@H](C)NC(=O)/C(=C/c1ccccc1)c1ccccc1. The third-order valence-corrected chi connectivity index (χ3v) is 3.43. The smallest absolute Gasteiger partial charge is 0.252 e. The van der Waals surface area contributed by atoms with Crippen LogP contribution in [-0.4, -0.2) is 11.9 Å². The minimum Gasteiger partial charge on any atom is -0.350 e. The van der Waals surface area contributed by atoms with Gasteiger partial charge >= 0.3 is 0 Å². The van der Waals surface area contributed by atoms with Gasteiger partial charge in [0.2, 0.25) is 0 Å². The van der Waals surface area contributed by atoms with Gasteiger partial charge in [-0.1, -0.05) is 67.6 Å². The maximum absolute atomic E-state index is 12.5. The molecule has 0 aliphatic carbocycles. The van der Waals surface area contributed by atoms with Gasteiger partial charge in [-0.2, -0.15) is 0 Å². The first-order valence-corrected chi connectivity index (χ1v) is 7.33. The summed E-state index contributed by atoms with van der Waals surface area (Å²) in [6, 6.07) is 19.9. The molecule has 0 aliphatic heterocycles. The Morgan fingerprint density at radius 2 is 1.62 bits per heavy atom. The van der Waals surface area contributed by atoms with Crippen LogP contribution in [0.15, 0.2) is 60.7 Å². The molecule has 1 N–H and O–H groups in total. The van der Waals surface area contributed by atoms with Crippen LogP contribution in [0.1, 0.15) is 31.4 Å². The van der Waals surface area contributed by atoms with Gasteiger partial charge in [-0.05, 0) is 30.5 Å². The number of hydrogen-bond donors (Lipinski definition) is 1. The third-order valence-electron chi connectivity index (χ3n) is 3.43. The summed E-state index contributed by atoms with van der Waals surface area (Å²) in [6.45, 7) is 4.08. The van der Waals surface area contributed by atoms with Gasteiger partial charge in [0.1, 0.15) is 0 Å². The van der Waals surface area contributed by atoms with Crippen LogP contribution in [0.5, 0.6) is 0 Å². The number of benzene rings is 2. The molecule has 0 radical (unpaired) electrons. The lowest BCUT2D eigenvalue weighted by Crippen LogP contribution is -2.32. The zero-order valence-corrected chi connectivity index (χ0v) is 12.5. The maximum Gasteiger partial charge on any atom is 0.252 e. The highest BCUT2D eigenvalue weighted by molar-refractivity contribution is 6.24. The van der Waals surface area contributed by atoms with E-state index in [1.807, 2.05) is 73.7 Å². The van der Waals surface area contributed by atoms with Crippen LogP contribution < -0.4 is 5.32 Å². The molecule has 0 fully saturated rings. The third kappa shape index (κ3) is 4.32. The fourth-order valence-electron chi connectivity index (χ4n) is 2.02. The van der Waals surface area contributed by atoms with Crippen molar-refractivity contribution in [1.29, 1.82) is 0 Å². The van der Waals surface area contributed by atoms with Gasteiger partial charge < -0.3 is 5.32 Å². The number of carbonyl (C=O) groups is 1. The largest absolute Gasteiger partial charge is 0.350 e. The molecular formula is C19H21NO. The molecule has 0 unspecified atom stereocenters. The van der Waals surface area contributed by atoms with Gasteiger partial charge in [-0.25, -0.2) is 0 Å². The summed E-state index contributed by atoms with van der Waals surface area (Å²) in [5.41, 5.74) is 2.65. The van der Waals surface area contributed by atoms with Crippen molar-refractivity contribution >= 4 is 17.6 Å². The van der Waals surface area contributed by atoms with E-state index < -0.39 is 0 Å². The molecular weight excluding hydrogens is 258 g/mol. The lowest BCUT2D eigenvalue weighted by Gasteiger charge is -2.14. The molecule has 0 saturated heterocycles. The second-order valence-corrected chi connectivity index (χ2v) is 5.12. The molecule has 1 atom stereocenters. The van der Waals surface area contributed by atoms with E-state index in [0.29, 0.717) is 5.57 Å². The lowest BCUT2D eigenvalue weighted by molar-refractivity contribution is -0.116. The first kappa shape index (κ1) is 15.0. The molecule has 108 valence electrons. The molecule has 2 aromatic carbocycles. The molecule has 0 aromatic heterocycles. The van der Waals surface area contributed by atoms with Crippen LogP contribution in [-0.2, 0) is 4.79 Å². The topological polar surface area (TPSA) is 29.1 Å². The fraction of sp³-hybridized carbons (Fsp3) is 0.211. The van der Waals surface area contributed by atoms with E-state index in [2.05, 4.69) is 12.2 Å². The molecule has 2 aromatic rings. The standard InChI is InChI=1S/C19H21NO/c1-3-15(2)20-19(21)18(17-12-8-5-9-13-17)14-16-10-6-4-7-11-16/h4-15H,3H2,1-2H3,(H,20,21)/b18-14+/t15-/m0/s1. The Labute approximate surface area is 126 Å². The monoisotopic (exact) mass is 279 g/mol. The minimum absolute atomic E-state index is 0.0283. The van der Waals surface area contributed by atoms with Crippen LogP contribution in [0.2, 0.25) is 0 Å². The summed E-state index contributed by atoms with van der Waals surface area (Å²) in [4.78, 5) is 12.5. The Hall–Kier alpha value is -2.35. The van der Waals surface area contributed by atoms with E-state index >= 15 is 0 Å². The second-order valence-electron chi connectivity index (χ2n) is 5.12. The number of hydrogen-bond acceptors (Lipinski definition) is 1. The highest BCUT2D eigenvalue weighted by Crippen LogP contribution is 2.18. The maximum atomic E-state index is 12.5. The number of nitrogens with one attached hydrogen (secondary N) is 1. The first-order valence-electron chi connectivity index (χ1n) is 7.33. The van der Waals surface area contributed by atoms with Crippen molar-refractivity contribution in [2.45, 2.75) is 26.3 Å². The van der Waals surface area contributed by atoms with Crippen LogP contribution in [0, 0.1) is 0 Å². The number of carbonyl (C=O) groups excluding carboxylic acids is 1. The van der Waals surface area contributed by atoms with Crippen molar-refractivity contribution in [3.05, 3.63) is 71.8 Å². The van der Waals surface area contributed by atoms with Crippen molar-refractivity contribution in [2.24, 2.45) is 0 Å². The molecule has 0 aliphatic rings. The molecule has 1 amide bonds. The summed E-state index contributed by atoms with van der Waals surface area (Å²) in [5.74, 6) is -0.0283. The van der Waals surface area contributed by atoms with E-state index in [1.54, 1.807) is 0 Å². The minimum atomic E-state index is -0.0283. The molecule has 0 bridgehead atoms. The van der Waals surface area contributed by atoms with Crippen LogP contribution in [0.25, 0.3) is 11.6 Å². The van der Waals surface area contributed by atoms with E-state index in [1.165, 1.54) is 0 Å². The van der Waals surface area contributed by atoms with Crippen LogP contribution in [0.4, 0.5) is 0 Å². The normalized spacial score (nSPS) is 12.8. The molecule has 0 saturated carbocycles. The summed E-state index contributed by atoms with van der Waals surface area (Å²) in [6.07, 6.45) is 2.85. The number of rotatable bonds is 5. The molecule has 2 heteroatoms. The Kier molecular flexibility index (Phi) is 5.33. The highest BCUT2D eigenvalue weighted by Gasteiger charge is 2.13. The highest BCUT2D eigenvalue weighted by atomic mass is 16.1. The van der Waals surface area contributed by atoms with Gasteiger partial charge in [0, 0.05) is 11.6 Å². The predicted molar refractivity (Wildman–Crippen MR) is 88.7 cm³/mol. The van der Waals surface area contributed by atoms with Crippen molar-refractivity contribution in [2.75, 3.05) is 0 Å². The van der Waals surface area contributed by atoms with E-state index in [9.17, 15) is 4.79 Å². The van der Waals surface area contributed by atoms with Gasteiger partial charge in [0.15, 0.2) is 0 Å². The lowest BCUT2D eigenvalue weighted by atomic mass is 10.0. The zero-order valence-electron chi connectivity index (χ0n) is 12.5. The Bertz CT molecular complexity index is 602. The average Bonchev–Trinajstić information content (AvgIpc) is 2.54. The van der Waals surface area contributed by atoms with Crippen molar-refractivity contribution < 1.29 is 4.79 Å². The summed E-state index contributed by atoms with van der Waals surface area (Å²) in [5, 5.41) is 3.04. The van der Waals surface area contributed by atoms with E-state index in [4.69, 9.17) is 0 Å². The van der Waals surface area contributed by atoms with Gasteiger partial charge in [0.05, 0.1) is 0 Å². The Morgan fingerprint density at radius 3 is 2.19 bits per heavy atom. The first-order chi connectivity index (χ1) is 10.2. The average molecular weight is 279 g/mol. The molecule has 2 nitrogen and oxygen atoms in total. The van der Waals surface area contributed by atoms with Gasteiger partial charge in [-0.15, -0.1) is 0 Å². The molecule has 2 rings (SSSR count).